The third-order valence-corrected chi connectivity index (χ3v) is 6.17. The number of benzene rings is 2. The Morgan fingerprint density at radius 3 is 2.26 bits per heavy atom. The van der Waals surface area contributed by atoms with E-state index in [9.17, 15) is 4.79 Å². The Labute approximate surface area is 158 Å². The van der Waals surface area contributed by atoms with Crippen molar-refractivity contribution in [1.82, 2.24) is 14.4 Å². The van der Waals surface area contributed by atoms with Crippen molar-refractivity contribution in [1.29, 1.82) is 0 Å². The highest BCUT2D eigenvalue weighted by molar-refractivity contribution is 5.72. The predicted octanol–water partition coefficient (Wildman–Crippen LogP) is 2.38. The average molecular weight is 363 g/mol. The van der Waals surface area contributed by atoms with Crippen LogP contribution < -0.4 is 5.76 Å². The Kier molecular flexibility index (Phi) is 4.34. The summed E-state index contributed by atoms with van der Waals surface area (Å²) in [5, 5.41) is 0. The molecule has 0 unspecified atom stereocenters. The molecule has 1 aliphatic carbocycles. The lowest BCUT2D eigenvalue weighted by molar-refractivity contribution is 0.0967. The minimum atomic E-state index is -0.251. The van der Waals surface area contributed by atoms with E-state index in [1.807, 2.05) is 24.3 Å². The molecule has 1 aromatic heterocycles. The van der Waals surface area contributed by atoms with Gasteiger partial charge in [-0.1, -0.05) is 36.4 Å². The molecule has 0 radical (unpaired) electrons. The van der Waals surface area contributed by atoms with E-state index < -0.39 is 0 Å². The van der Waals surface area contributed by atoms with Crippen LogP contribution in [0.25, 0.3) is 11.1 Å². The Balaban J connectivity index is 1.17. The van der Waals surface area contributed by atoms with E-state index in [-0.39, 0.29) is 5.76 Å². The van der Waals surface area contributed by atoms with Gasteiger partial charge in [0, 0.05) is 45.3 Å². The number of aromatic nitrogens is 1. The van der Waals surface area contributed by atoms with Crippen LogP contribution in [-0.2, 0) is 19.4 Å². The van der Waals surface area contributed by atoms with Crippen LogP contribution in [0, 0.1) is 0 Å². The number of nitrogens with zero attached hydrogens (tertiary/aromatic N) is 3. The third kappa shape index (κ3) is 3.22. The van der Waals surface area contributed by atoms with Gasteiger partial charge in [0.05, 0.1) is 5.52 Å². The number of rotatable bonds is 4. The van der Waals surface area contributed by atoms with Crippen LogP contribution in [0.4, 0.5) is 0 Å². The predicted molar refractivity (Wildman–Crippen MR) is 106 cm³/mol. The van der Waals surface area contributed by atoms with Gasteiger partial charge in [-0.2, -0.15) is 0 Å². The highest BCUT2D eigenvalue weighted by Crippen LogP contribution is 2.26. The summed E-state index contributed by atoms with van der Waals surface area (Å²) in [6, 6.07) is 17.2. The summed E-state index contributed by atoms with van der Waals surface area (Å²) >= 11 is 0. The fourth-order valence-corrected chi connectivity index (χ4v) is 4.61. The van der Waals surface area contributed by atoms with Gasteiger partial charge < -0.3 is 4.42 Å². The molecule has 5 rings (SSSR count). The van der Waals surface area contributed by atoms with E-state index in [0.29, 0.717) is 18.2 Å². The van der Waals surface area contributed by atoms with E-state index in [1.165, 1.54) is 24.0 Å². The van der Waals surface area contributed by atoms with E-state index in [0.717, 1.165) is 38.2 Å². The first-order chi connectivity index (χ1) is 13.3. The number of fused-ring (bicyclic) bond motifs is 2. The molecule has 27 heavy (non-hydrogen) atoms. The number of para-hydroxylation sites is 2. The van der Waals surface area contributed by atoms with Crippen molar-refractivity contribution in [2.75, 3.05) is 32.7 Å². The van der Waals surface area contributed by atoms with Gasteiger partial charge in [0.1, 0.15) is 0 Å². The smallest absolute Gasteiger partial charge is 0.408 e. The van der Waals surface area contributed by atoms with Gasteiger partial charge >= 0.3 is 5.76 Å². The van der Waals surface area contributed by atoms with Crippen LogP contribution in [0.2, 0.25) is 0 Å². The monoisotopic (exact) mass is 363 g/mol. The van der Waals surface area contributed by atoms with Gasteiger partial charge in [0.25, 0.3) is 0 Å². The number of hydrogen-bond acceptors (Lipinski definition) is 4. The van der Waals surface area contributed by atoms with Gasteiger partial charge in [-0.05, 0) is 36.1 Å². The normalized spacial score (nSPS) is 19.0. The summed E-state index contributed by atoms with van der Waals surface area (Å²) < 4.78 is 7.09. The SMILES string of the molecule is O=c1oc2ccccc2n1CCN1CCN(C2Cc3ccccc3C2)CC1. The molecule has 2 heterocycles. The van der Waals surface area contributed by atoms with E-state index in [1.54, 1.807) is 4.57 Å². The van der Waals surface area contributed by atoms with Gasteiger partial charge in [-0.15, -0.1) is 0 Å². The molecule has 0 spiro atoms. The second-order valence-corrected chi connectivity index (χ2v) is 7.70. The quantitative estimate of drug-likeness (QED) is 0.714. The van der Waals surface area contributed by atoms with Crippen LogP contribution in [0.15, 0.2) is 57.7 Å². The third-order valence-electron chi connectivity index (χ3n) is 6.17. The maximum absolute atomic E-state index is 12.1. The van der Waals surface area contributed by atoms with Gasteiger partial charge in [0.15, 0.2) is 5.58 Å². The van der Waals surface area contributed by atoms with Gasteiger partial charge in [0.2, 0.25) is 0 Å². The van der Waals surface area contributed by atoms with Crippen LogP contribution >= 0.6 is 0 Å². The molecule has 2 aromatic carbocycles. The summed E-state index contributed by atoms with van der Waals surface area (Å²) in [5.74, 6) is -0.251. The molecule has 0 amide bonds. The lowest BCUT2D eigenvalue weighted by Gasteiger charge is -2.38. The summed E-state index contributed by atoms with van der Waals surface area (Å²) in [7, 11) is 0. The molecule has 0 saturated carbocycles. The maximum Gasteiger partial charge on any atom is 0.419 e. The van der Waals surface area contributed by atoms with Crippen molar-refractivity contribution >= 4 is 11.1 Å². The minimum absolute atomic E-state index is 0.251. The van der Waals surface area contributed by atoms with Crippen molar-refractivity contribution in [3.05, 3.63) is 70.2 Å². The number of hydrogen-bond donors (Lipinski definition) is 0. The molecular weight excluding hydrogens is 338 g/mol. The summed E-state index contributed by atoms with van der Waals surface area (Å²) in [6.07, 6.45) is 2.37. The van der Waals surface area contributed by atoms with Crippen molar-refractivity contribution in [3.63, 3.8) is 0 Å². The zero-order chi connectivity index (χ0) is 18.2. The molecule has 5 heteroatoms. The van der Waals surface area contributed by atoms with Crippen molar-refractivity contribution < 1.29 is 4.42 Å². The minimum Gasteiger partial charge on any atom is -0.408 e. The molecule has 3 aromatic rings. The topological polar surface area (TPSA) is 41.6 Å². The highest BCUT2D eigenvalue weighted by Gasteiger charge is 2.29. The van der Waals surface area contributed by atoms with Crippen molar-refractivity contribution in [2.24, 2.45) is 0 Å². The average Bonchev–Trinajstić information content (AvgIpc) is 3.27. The lowest BCUT2D eigenvalue weighted by atomic mass is 10.1. The van der Waals surface area contributed by atoms with E-state index >= 15 is 0 Å². The second-order valence-electron chi connectivity index (χ2n) is 7.70. The zero-order valence-electron chi connectivity index (χ0n) is 15.5. The van der Waals surface area contributed by atoms with E-state index in [2.05, 4.69) is 34.1 Å². The fraction of sp³-hybridized carbons (Fsp3) is 0.409. The Morgan fingerprint density at radius 1 is 0.852 bits per heavy atom. The fourth-order valence-electron chi connectivity index (χ4n) is 4.61. The molecule has 0 bridgehead atoms. The van der Waals surface area contributed by atoms with Crippen LogP contribution in [0.1, 0.15) is 11.1 Å². The van der Waals surface area contributed by atoms with E-state index in [4.69, 9.17) is 4.42 Å². The largest absolute Gasteiger partial charge is 0.419 e. The van der Waals surface area contributed by atoms with Crippen LogP contribution in [0.5, 0.6) is 0 Å². The maximum atomic E-state index is 12.1. The Bertz CT molecular complexity index is 973. The van der Waals surface area contributed by atoms with Crippen molar-refractivity contribution in [3.8, 4) is 0 Å². The standard InChI is InChI=1S/C22H25N3O2/c26-22-25(20-7-3-4-8-21(20)27-22)14-11-23-9-12-24(13-10-23)19-15-17-5-1-2-6-18(17)16-19/h1-8,19H,9-16H2. The molecule has 140 valence electrons. The highest BCUT2D eigenvalue weighted by atomic mass is 16.4. The summed E-state index contributed by atoms with van der Waals surface area (Å²) in [6.45, 7) is 5.93. The summed E-state index contributed by atoms with van der Waals surface area (Å²) in [5.41, 5.74) is 4.62. The first-order valence-electron chi connectivity index (χ1n) is 9.89. The van der Waals surface area contributed by atoms with Crippen molar-refractivity contribution in [2.45, 2.75) is 25.4 Å². The van der Waals surface area contributed by atoms with Crippen LogP contribution in [-0.4, -0.2) is 53.1 Å². The number of oxazole rings is 1. The molecule has 5 nitrogen and oxygen atoms in total. The lowest BCUT2D eigenvalue weighted by Crippen LogP contribution is -2.51. The van der Waals surface area contributed by atoms with Gasteiger partial charge in [-0.3, -0.25) is 14.4 Å². The zero-order valence-corrected chi connectivity index (χ0v) is 15.5. The molecule has 0 N–H and O–H groups in total. The first-order valence-corrected chi connectivity index (χ1v) is 9.89. The molecule has 1 saturated heterocycles. The summed E-state index contributed by atoms with van der Waals surface area (Å²) in [4.78, 5) is 17.2. The molecule has 1 fully saturated rings. The molecule has 2 aliphatic rings. The molecule has 1 aliphatic heterocycles. The Hall–Kier alpha value is -2.37. The first kappa shape index (κ1) is 16.8. The van der Waals surface area contributed by atoms with Gasteiger partial charge in [-0.25, -0.2) is 4.79 Å². The Morgan fingerprint density at radius 2 is 1.52 bits per heavy atom. The number of piperazine rings is 1. The molecule has 0 atom stereocenters. The van der Waals surface area contributed by atoms with Crippen LogP contribution in [0.3, 0.4) is 0 Å². The molecular formula is C22H25N3O2. The second kappa shape index (κ2) is 6.98.